The summed E-state index contributed by atoms with van der Waals surface area (Å²) in [6.45, 7) is 0. The molecule has 2 N–H and O–H groups in total. The van der Waals surface area contributed by atoms with E-state index in [1.807, 2.05) is 22.6 Å². The van der Waals surface area contributed by atoms with Crippen molar-refractivity contribution in [3.05, 3.63) is 56.4 Å². The molecule has 22 heavy (non-hydrogen) atoms. The fraction of sp³-hybridized carbons (Fsp3) is 0.0769. The number of halogens is 4. The van der Waals surface area contributed by atoms with Crippen LogP contribution in [-0.2, 0) is 6.42 Å². The molecule has 9 heteroatoms. The van der Waals surface area contributed by atoms with Gasteiger partial charge in [-0.15, -0.1) is 0 Å². The highest BCUT2D eigenvalue weighted by molar-refractivity contribution is 14.1. The summed E-state index contributed by atoms with van der Waals surface area (Å²) in [6.07, 6.45) is 0.133. The molecule has 0 aromatic heterocycles. The van der Waals surface area contributed by atoms with E-state index in [9.17, 15) is 20.3 Å². The number of rotatable bonds is 3. The molecule has 0 spiro atoms. The number of hydrogen-bond acceptors (Lipinski definition) is 4. The highest BCUT2D eigenvalue weighted by atomic mass is 127. The number of nitro groups is 1. The molecule has 2 rings (SSSR count). The van der Waals surface area contributed by atoms with Crippen LogP contribution in [0.4, 0.5) is 5.69 Å². The summed E-state index contributed by atoms with van der Waals surface area (Å²) in [5.74, 6) is -0.0235. The van der Waals surface area contributed by atoms with Crippen molar-refractivity contribution in [1.29, 1.82) is 0 Å². The minimum absolute atomic E-state index is 0.0102. The van der Waals surface area contributed by atoms with Crippen molar-refractivity contribution in [2.24, 2.45) is 0 Å². The Balaban J connectivity index is 2.59. The van der Waals surface area contributed by atoms with Crippen molar-refractivity contribution >= 4 is 76.1 Å². The van der Waals surface area contributed by atoms with Crippen molar-refractivity contribution in [1.82, 2.24) is 0 Å². The van der Waals surface area contributed by atoms with Crippen molar-refractivity contribution in [3.8, 4) is 11.5 Å². The summed E-state index contributed by atoms with van der Waals surface area (Å²) in [5, 5.41) is 31.3. The zero-order valence-corrected chi connectivity index (χ0v) is 17.5. The van der Waals surface area contributed by atoms with E-state index < -0.39 is 4.92 Å². The molecule has 0 aliphatic rings. The van der Waals surface area contributed by atoms with Crippen LogP contribution < -0.4 is 0 Å². The van der Waals surface area contributed by atoms with Gasteiger partial charge in [-0.25, -0.2) is 0 Å². The van der Waals surface area contributed by atoms with Gasteiger partial charge in [0.15, 0.2) is 0 Å². The number of aromatic hydroxyl groups is 2. The minimum Gasteiger partial charge on any atom is -0.507 e. The highest BCUT2D eigenvalue weighted by Crippen LogP contribution is 2.41. The molecule has 5 nitrogen and oxygen atoms in total. The van der Waals surface area contributed by atoms with E-state index in [0.717, 1.165) is 0 Å². The standard InChI is InChI=1S/C13H7Br3INO4/c14-8-4-9(15)13(20)7(11(8)16)2-5-1-6(18(21)22)3-10(17)12(5)19/h1,3-4,19-20H,2H2. The van der Waals surface area contributed by atoms with Crippen LogP contribution in [-0.4, -0.2) is 15.1 Å². The Kier molecular flexibility index (Phi) is 5.73. The van der Waals surface area contributed by atoms with Gasteiger partial charge < -0.3 is 10.2 Å². The summed E-state index contributed by atoms with van der Waals surface area (Å²) in [4.78, 5) is 10.4. The molecule has 116 valence electrons. The molecule has 0 atom stereocenters. The van der Waals surface area contributed by atoms with Gasteiger partial charge in [-0.1, -0.05) is 0 Å². The fourth-order valence-electron chi connectivity index (χ4n) is 1.87. The zero-order valence-electron chi connectivity index (χ0n) is 10.6. The second-order valence-corrected chi connectivity index (χ2v) is 8.01. The van der Waals surface area contributed by atoms with E-state index in [1.54, 1.807) is 6.07 Å². The van der Waals surface area contributed by atoms with Gasteiger partial charge in [0.05, 0.1) is 13.0 Å². The van der Waals surface area contributed by atoms with Crippen LogP contribution in [0.5, 0.6) is 11.5 Å². The van der Waals surface area contributed by atoms with Gasteiger partial charge in [-0.3, -0.25) is 10.1 Å². The average Bonchev–Trinajstić information content (AvgIpc) is 2.45. The third-order valence-electron chi connectivity index (χ3n) is 2.95. The quantitative estimate of drug-likeness (QED) is 0.209. The third-order valence-corrected chi connectivity index (χ3v) is 6.44. The SMILES string of the molecule is O=[N+]([O-])c1cc(I)c(O)c(Cc2c(O)c(Br)cc(Br)c2Br)c1. The summed E-state index contributed by atoms with van der Waals surface area (Å²) in [5.41, 5.74) is 0.759. The molecule has 0 radical (unpaired) electrons. The summed E-state index contributed by atoms with van der Waals surface area (Å²) in [7, 11) is 0. The van der Waals surface area contributed by atoms with Crippen LogP contribution in [0, 0.1) is 13.7 Å². The van der Waals surface area contributed by atoms with Crippen LogP contribution in [0.1, 0.15) is 11.1 Å². The second kappa shape index (κ2) is 7.02. The van der Waals surface area contributed by atoms with Gasteiger partial charge in [0.1, 0.15) is 11.5 Å². The molecule has 0 fully saturated rings. The Morgan fingerprint density at radius 2 is 1.73 bits per heavy atom. The van der Waals surface area contributed by atoms with Crippen LogP contribution >= 0.6 is 70.4 Å². The Morgan fingerprint density at radius 1 is 1.09 bits per heavy atom. The lowest BCUT2D eigenvalue weighted by atomic mass is 10.0. The first kappa shape index (κ1) is 18.0. The van der Waals surface area contributed by atoms with Gasteiger partial charge in [-0.05, 0) is 76.4 Å². The summed E-state index contributed by atoms with van der Waals surface area (Å²) in [6, 6.07) is 4.28. The zero-order chi connectivity index (χ0) is 16.6. The van der Waals surface area contributed by atoms with E-state index in [0.29, 0.717) is 28.1 Å². The first-order valence-electron chi connectivity index (χ1n) is 5.73. The first-order chi connectivity index (χ1) is 10.2. The molecule has 2 aromatic carbocycles. The summed E-state index contributed by atoms with van der Waals surface area (Å²) >= 11 is 11.8. The molecule has 0 saturated carbocycles. The number of phenolic OH excluding ortho intramolecular Hbond substituents is 2. The Morgan fingerprint density at radius 3 is 2.32 bits per heavy atom. The molecule has 0 amide bonds. The van der Waals surface area contributed by atoms with E-state index in [2.05, 4.69) is 47.8 Å². The lowest BCUT2D eigenvalue weighted by Gasteiger charge is -2.12. The Bertz CT molecular complexity index is 756. The molecule has 0 aliphatic carbocycles. The van der Waals surface area contributed by atoms with Crippen LogP contribution in [0.25, 0.3) is 0 Å². The third kappa shape index (κ3) is 3.57. The van der Waals surface area contributed by atoms with E-state index in [-0.39, 0.29) is 23.6 Å². The van der Waals surface area contributed by atoms with E-state index in [4.69, 9.17) is 0 Å². The van der Waals surface area contributed by atoms with E-state index >= 15 is 0 Å². The fourth-order valence-corrected chi connectivity index (χ4v) is 4.22. The minimum atomic E-state index is -0.517. The molecular formula is C13H7Br3INO4. The maximum absolute atomic E-state index is 11.0. The van der Waals surface area contributed by atoms with Crippen LogP contribution in [0.2, 0.25) is 0 Å². The lowest BCUT2D eigenvalue weighted by molar-refractivity contribution is -0.385. The number of phenols is 2. The van der Waals surface area contributed by atoms with Crippen molar-refractivity contribution in [2.75, 3.05) is 0 Å². The molecule has 2 aromatic rings. The number of non-ortho nitro benzene ring substituents is 1. The van der Waals surface area contributed by atoms with Gasteiger partial charge in [0.25, 0.3) is 5.69 Å². The van der Waals surface area contributed by atoms with E-state index in [1.165, 1.54) is 12.1 Å². The lowest BCUT2D eigenvalue weighted by Crippen LogP contribution is -1.97. The van der Waals surface area contributed by atoms with Crippen molar-refractivity contribution in [3.63, 3.8) is 0 Å². The predicted octanol–water partition coefficient (Wildman–Crippen LogP) is 5.49. The highest BCUT2D eigenvalue weighted by Gasteiger charge is 2.19. The normalized spacial score (nSPS) is 10.7. The van der Waals surface area contributed by atoms with Crippen LogP contribution in [0.3, 0.4) is 0 Å². The number of nitro benzene ring substituents is 1. The molecule has 0 heterocycles. The largest absolute Gasteiger partial charge is 0.507 e. The van der Waals surface area contributed by atoms with Gasteiger partial charge in [0.2, 0.25) is 0 Å². The van der Waals surface area contributed by atoms with Gasteiger partial charge in [0, 0.05) is 38.6 Å². The smallest absolute Gasteiger partial charge is 0.271 e. The Labute approximate surface area is 164 Å². The van der Waals surface area contributed by atoms with Crippen molar-refractivity contribution < 1.29 is 15.1 Å². The molecule has 0 bridgehead atoms. The first-order valence-corrected chi connectivity index (χ1v) is 9.19. The topological polar surface area (TPSA) is 83.6 Å². The van der Waals surface area contributed by atoms with Gasteiger partial charge >= 0.3 is 0 Å². The maximum atomic E-state index is 11.0. The second-order valence-electron chi connectivity index (χ2n) is 4.35. The maximum Gasteiger partial charge on any atom is 0.271 e. The predicted molar refractivity (Wildman–Crippen MR) is 101 cm³/mol. The Hall–Kier alpha value is -0.390. The monoisotopic (exact) mass is 605 g/mol. The molecule has 0 aliphatic heterocycles. The number of nitrogens with zero attached hydrogens (tertiary/aromatic N) is 1. The molecule has 0 saturated heterocycles. The summed E-state index contributed by atoms with van der Waals surface area (Å²) < 4.78 is 2.20. The van der Waals surface area contributed by atoms with Gasteiger partial charge in [-0.2, -0.15) is 0 Å². The number of benzene rings is 2. The molecular weight excluding hydrogens is 601 g/mol. The number of hydrogen-bond donors (Lipinski definition) is 2. The van der Waals surface area contributed by atoms with Crippen molar-refractivity contribution in [2.45, 2.75) is 6.42 Å². The molecule has 0 unspecified atom stereocenters. The average molecular weight is 608 g/mol. The van der Waals surface area contributed by atoms with Crippen LogP contribution in [0.15, 0.2) is 31.6 Å².